The van der Waals surface area contributed by atoms with Gasteiger partial charge in [0.2, 0.25) is 0 Å². The Bertz CT molecular complexity index is 147. The van der Waals surface area contributed by atoms with Crippen molar-refractivity contribution in [2.45, 2.75) is 38.5 Å². The lowest BCUT2D eigenvalue weighted by atomic mass is 9.90. The fourth-order valence-electron chi connectivity index (χ4n) is 2.20. The molecule has 0 aromatic rings. The maximum Gasteiger partial charge on any atom is 0.0587 e. The number of hydrogen-bond donors (Lipinski definition) is 1. The average molecular weight is 229 g/mol. The second kappa shape index (κ2) is 10.1. The van der Waals surface area contributed by atoms with Gasteiger partial charge in [0.1, 0.15) is 0 Å². The van der Waals surface area contributed by atoms with Crippen LogP contribution < -0.4 is 5.32 Å². The Kier molecular flexibility index (Phi) is 8.77. The van der Waals surface area contributed by atoms with Crippen molar-refractivity contribution in [1.29, 1.82) is 0 Å². The summed E-state index contributed by atoms with van der Waals surface area (Å²) in [6, 6.07) is 0. The second-order valence-corrected chi connectivity index (χ2v) is 4.68. The van der Waals surface area contributed by atoms with E-state index in [1.807, 2.05) is 0 Å². The lowest BCUT2D eigenvalue weighted by Gasteiger charge is -2.21. The Labute approximate surface area is 99.9 Å². The summed E-state index contributed by atoms with van der Waals surface area (Å²) in [7, 11) is 1.73. The molecule has 1 N–H and O–H groups in total. The molecule has 16 heavy (non-hydrogen) atoms. The molecule has 96 valence electrons. The van der Waals surface area contributed by atoms with Crippen molar-refractivity contribution >= 4 is 0 Å². The van der Waals surface area contributed by atoms with E-state index in [0.29, 0.717) is 0 Å². The van der Waals surface area contributed by atoms with Crippen molar-refractivity contribution in [2.24, 2.45) is 5.92 Å². The van der Waals surface area contributed by atoms with Crippen LogP contribution in [0.1, 0.15) is 38.5 Å². The molecule has 3 heteroatoms. The minimum Gasteiger partial charge on any atom is -0.383 e. The fourth-order valence-corrected chi connectivity index (χ4v) is 2.20. The van der Waals surface area contributed by atoms with Crippen LogP contribution in [0.15, 0.2) is 0 Å². The van der Waals surface area contributed by atoms with Crippen LogP contribution in [0.3, 0.4) is 0 Å². The number of ether oxygens (including phenoxy) is 2. The molecule has 0 saturated heterocycles. The highest BCUT2D eigenvalue weighted by Gasteiger charge is 2.12. The SMILES string of the molecule is COCCNCCCOCC1CCCCC1. The van der Waals surface area contributed by atoms with E-state index in [4.69, 9.17) is 9.47 Å². The summed E-state index contributed by atoms with van der Waals surface area (Å²) >= 11 is 0. The molecule has 0 heterocycles. The minimum atomic E-state index is 0.795. The number of hydrogen-bond acceptors (Lipinski definition) is 3. The molecule has 1 saturated carbocycles. The summed E-state index contributed by atoms with van der Waals surface area (Å²) in [5.41, 5.74) is 0. The van der Waals surface area contributed by atoms with Gasteiger partial charge in [0, 0.05) is 26.9 Å². The normalized spacial score (nSPS) is 17.8. The first kappa shape index (κ1) is 13.9. The third kappa shape index (κ3) is 7.20. The predicted molar refractivity (Wildman–Crippen MR) is 66.8 cm³/mol. The smallest absolute Gasteiger partial charge is 0.0587 e. The predicted octanol–water partition coefficient (Wildman–Crippen LogP) is 2.21. The number of rotatable bonds is 9. The van der Waals surface area contributed by atoms with Crippen LogP contribution in [0.2, 0.25) is 0 Å². The first-order valence-electron chi connectivity index (χ1n) is 6.71. The molecule has 0 spiro atoms. The van der Waals surface area contributed by atoms with E-state index >= 15 is 0 Å². The summed E-state index contributed by atoms with van der Waals surface area (Å²) in [6.07, 6.45) is 8.12. The molecular formula is C13H27NO2. The first-order valence-corrected chi connectivity index (χ1v) is 6.71. The van der Waals surface area contributed by atoms with Gasteiger partial charge in [-0.2, -0.15) is 0 Å². The van der Waals surface area contributed by atoms with Gasteiger partial charge in [0.05, 0.1) is 6.61 Å². The van der Waals surface area contributed by atoms with Gasteiger partial charge in [0.25, 0.3) is 0 Å². The maximum absolute atomic E-state index is 5.71. The van der Waals surface area contributed by atoms with Crippen LogP contribution in [-0.2, 0) is 9.47 Å². The van der Waals surface area contributed by atoms with Crippen molar-refractivity contribution in [3.05, 3.63) is 0 Å². The van der Waals surface area contributed by atoms with Crippen LogP contribution in [0.4, 0.5) is 0 Å². The minimum absolute atomic E-state index is 0.795. The number of nitrogens with one attached hydrogen (secondary N) is 1. The molecule has 1 rings (SSSR count). The average Bonchev–Trinajstić information content (AvgIpc) is 2.34. The zero-order chi connectivity index (χ0) is 11.5. The molecule has 0 bridgehead atoms. The molecule has 0 radical (unpaired) electrons. The van der Waals surface area contributed by atoms with Gasteiger partial charge < -0.3 is 14.8 Å². The molecule has 0 unspecified atom stereocenters. The molecular weight excluding hydrogens is 202 g/mol. The Morgan fingerprint density at radius 1 is 1.06 bits per heavy atom. The highest BCUT2D eigenvalue weighted by molar-refractivity contribution is 4.64. The van der Waals surface area contributed by atoms with E-state index in [2.05, 4.69) is 5.32 Å². The van der Waals surface area contributed by atoms with E-state index < -0.39 is 0 Å². The zero-order valence-electron chi connectivity index (χ0n) is 10.7. The molecule has 1 aliphatic rings. The van der Waals surface area contributed by atoms with Gasteiger partial charge in [-0.15, -0.1) is 0 Å². The summed E-state index contributed by atoms with van der Waals surface area (Å²) < 4.78 is 10.7. The van der Waals surface area contributed by atoms with E-state index in [1.54, 1.807) is 7.11 Å². The Morgan fingerprint density at radius 3 is 2.62 bits per heavy atom. The summed E-state index contributed by atoms with van der Waals surface area (Å²) in [4.78, 5) is 0. The van der Waals surface area contributed by atoms with Crippen LogP contribution >= 0.6 is 0 Å². The Morgan fingerprint density at radius 2 is 1.88 bits per heavy atom. The lowest BCUT2D eigenvalue weighted by molar-refractivity contribution is 0.0834. The summed E-state index contributed by atoms with van der Waals surface area (Å²) in [5, 5.41) is 3.32. The molecule has 0 atom stereocenters. The summed E-state index contributed by atoms with van der Waals surface area (Å²) in [6.45, 7) is 4.66. The molecule has 3 nitrogen and oxygen atoms in total. The van der Waals surface area contributed by atoms with Gasteiger partial charge in [-0.05, 0) is 31.7 Å². The van der Waals surface area contributed by atoms with Crippen LogP contribution in [0.25, 0.3) is 0 Å². The first-order chi connectivity index (χ1) is 7.93. The number of methoxy groups -OCH3 is 1. The lowest BCUT2D eigenvalue weighted by Crippen LogP contribution is -2.22. The third-order valence-electron chi connectivity index (χ3n) is 3.20. The fraction of sp³-hybridized carbons (Fsp3) is 1.00. The van der Waals surface area contributed by atoms with E-state index in [1.165, 1.54) is 32.1 Å². The van der Waals surface area contributed by atoms with Gasteiger partial charge in [0.15, 0.2) is 0 Å². The Balaban J connectivity index is 1.77. The van der Waals surface area contributed by atoms with Crippen LogP contribution in [-0.4, -0.2) is 40.0 Å². The van der Waals surface area contributed by atoms with E-state index in [9.17, 15) is 0 Å². The van der Waals surface area contributed by atoms with Gasteiger partial charge in [-0.1, -0.05) is 19.3 Å². The van der Waals surface area contributed by atoms with Gasteiger partial charge in [-0.3, -0.25) is 0 Å². The van der Waals surface area contributed by atoms with Gasteiger partial charge in [-0.25, -0.2) is 0 Å². The van der Waals surface area contributed by atoms with Crippen molar-refractivity contribution in [3.8, 4) is 0 Å². The third-order valence-corrected chi connectivity index (χ3v) is 3.20. The van der Waals surface area contributed by atoms with Crippen molar-refractivity contribution in [1.82, 2.24) is 5.32 Å². The topological polar surface area (TPSA) is 30.5 Å². The molecule has 1 aliphatic carbocycles. The highest BCUT2D eigenvalue weighted by atomic mass is 16.5. The van der Waals surface area contributed by atoms with E-state index in [0.717, 1.165) is 45.2 Å². The highest BCUT2D eigenvalue weighted by Crippen LogP contribution is 2.23. The quantitative estimate of drug-likeness (QED) is 0.615. The van der Waals surface area contributed by atoms with Crippen molar-refractivity contribution < 1.29 is 9.47 Å². The zero-order valence-corrected chi connectivity index (χ0v) is 10.7. The monoisotopic (exact) mass is 229 g/mol. The Hall–Kier alpha value is -0.120. The van der Waals surface area contributed by atoms with Gasteiger partial charge >= 0.3 is 0 Å². The molecule has 0 aliphatic heterocycles. The molecule has 0 aromatic heterocycles. The standard InChI is InChI=1S/C13H27NO2/c1-15-11-9-14-8-5-10-16-12-13-6-3-2-4-7-13/h13-14H,2-12H2,1H3. The largest absolute Gasteiger partial charge is 0.383 e. The van der Waals surface area contributed by atoms with Crippen molar-refractivity contribution in [3.63, 3.8) is 0 Å². The molecule has 0 aromatic carbocycles. The van der Waals surface area contributed by atoms with Crippen molar-refractivity contribution in [2.75, 3.05) is 40.0 Å². The molecule has 1 fully saturated rings. The summed E-state index contributed by atoms with van der Waals surface area (Å²) in [5.74, 6) is 0.843. The van der Waals surface area contributed by atoms with Crippen LogP contribution in [0, 0.1) is 5.92 Å². The second-order valence-electron chi connectivity index (χ2n) is 4.68. The van der Waals surface area contributed by atoms with E-state index in [-0.39, 0.29) is 0 Å². The maximum atomic E-state index is 5.71. The molecule has 0 amide bonds. The van der Waals surface area contributed by atoms with Crippen LogP contribution in [0.5, 0.6) is 0 Å².